The molecule has 0 aromatic carbocycles. The number of guanidine groups is 1. The number of hydrogen-bond donors (Lipinski definition) is 3. The van der Waals surface area contributed by atoms with Crippen molar-refractivity contribution < 1.29 is 14.3 Å². The van der Waals surface area contributed by atoms with Gasteiger partial charge < -0.3 is 25.4 Å². The lowest BCUT2D eigenvalue weighted by atomic mass is 10.0. The molecule has 0 atom stereocenters. The van der Waals surface area contributed by atoms with E-state index < -0.39 is 0 Å². The van der Waals surface area contributed by atoms with Crippen molar-refractivity contribution in [3.63, 3.8) is 0 Å². The molecule has 1 aliphatic carbocycles. The number of carbonyl (C=O) groups is 1. The van der Waals surface area contributed by atoms with Gasteiger partial charge in [-0.3, -0.25) is 9.79 Å². The first kappa shape index (κ1) is 19.0. The Morgan fingerprint density at radius 1 is 1.08 bits per heavy atom. The summed E-state index contributed by atoms with van der Waals surface area (Å²) in [5.74, 6) is 1.87. The smallest absolute Gasteiger partial charge is 0.223 e. The zero-order chi connectivity index (χ0) is 17.0. The number of amides is 1. The highest BCUT2D eigenvalue weighted by molar-refractivity contribution is 5.81. The van der Waals surface area contributed by atoms with Crippen molar-refractivity contribution in [1.29, 1.82) is 0 Å². The summed E-state index contributed by atoms with van der Waals surface area (Å²) in [5.41, 5.74) is 0. The predicted molar refractivity (Wildman–Crippen MR) is 94.1 cm³/mol. The first-order chi connectivity index (χ1) is 11.8. The second kappa shape index (κ2) is 11.3. The van der Waals surface area contributed by atoms with Crippen LogP contribution in [0.1, 0.15) is 32.1 Å². The van der Waals surface area contributed by atoms with Gasteiger partial charge in [-0.05, 0) is 38.0 Å². The van der Waals surface area contributed by atoms with Crippen LogP contribution < -0.4 is 16.0 Å². The first-order valence-corrected chi connectivity index (χ1v) is 9.17. The molecule has 1 amide bonds. The normalized spacial score (nSPS) is 19.1. The van der Waals surface area contributed by atoms with Crippen LogP contribution in [-0.4, -0.2) is 65.0 Å². The van der Waals surface area contributed by atoms with Crippen LogP contribution in [-0.2, 0) is 14.3 Å². The second-order valence-electron chi connectivity index (χ2n) is 6.48. The Labute approximate surface area is 145 Å². The zero-order valence-electron chi connectivity index (χ0n) is 14.8. The minimum atomic E-state index is 0.182. The lowest BCUT2D eigenvalue weighted by Gasteiger charge is -2.21. The third-order valence-electron chi connectivity index (χ3n) is 4.34. The number of rotatable bonds is 10. The van der Waals surface area contributed by atoms with Crippen molar-refractivity contribution in [1.82, 2.24) is 16.0 Å². The maximum Gasteiger partial charge on any atom is 0.223 e. The zero-order valence-corrected chi connectivity index (χ0v) is 14.8. The van der Waals surface area contributed by atoms with Crippen molar-refractivity contribution >= 4 is 11.9 Å². The lowest BCUT2D eigenvalue weighted by Crippen LogP contribution is -2.42. The van der Waals surface area contributed by atoms with Crippen molar-refractivity contribution in [3.05, 3.63) is 0 Å². The molecule has 0 radical (unpaired) electrons. The average Bonchev–Trinajstić information content (AvgIpc) is 3.45. The van der Waals surface area contributed by atoms with E-state index in [2.05, 4.69) is 20.9 Å². The van der Waals surface area contributed by atoms with E-state index in [-0.39, 0.29) is 11.8 Å². The molecule has 3 N–H and O–H groups in total. The second-order valence-corrected chi connectivity index (χ2v) is 6.48. The van der Waals surface area contributed by atoms with E-state index in [1.165, 1.54) is 0 Å². The third-order valence-corrected chi connectivity index (χ3v) is 4.34. The van der Waals surface area contributed by atoms with Crippen LogP contribution in [0.15, 0.2) is 4.99 Å². The standard InChI is InChI=1S/C17H32N4O3/c1-18-17(21-9-8-19-16(22)15-3-4-15)20-7-2-10-24-13-14-5-11-23-12-6-14/h14-15H,2-13H2,1H3,(H,19,22)(H2,18,20,21). The van der Waals surface area contributed by atoms with Crippen LogP contribution in [0.2, 0.25) is 0 Å². The summed E-state index contributed by atoms with van der Waals surface area (Å²) in [5, 5.41) is 9.38. The monoisotopic (exact) mass is 340 g/mol. The molecule has 1 heterocycles. The van der Waals surface area contributed by atoms with Crippen LogP contribution in [0.4, 0.5) is 0 Å². The Morgan fingerprint density at radius 3 is 2.50 bits per heavy atom. The first-order valence-electron chi connectivity index (χ1n) is 9.17. The molecule has 0 spiro atoms. The Morgan fingerprint density at radius 2 is 1.79 bits per heavy atom. The van der Waals surface area contributed by atoms with Gasteiger partial charge in [-0.25, -0.2) is 0 Å². The molecule has 7 nitrogen and oxygen atoms in total. The molecule has 2 rings (SSSR count). The predicted octanol–water partition coefficient (Wildman–Crippen LogP) is 0.511. The van der Waals surface area contributed by atoms with Gasteiger partial charge in [0.05, 0.1) is 0 Å². The summed E-state index contributed by atoms with van der Waals surface area (Å²) >= 11 is 0. The summed E-state index contributed by atoms with van der Waals surface area (Å²) in [6.45, 7) is 5.48. The number of nitrogens with zero attached hydrogens (tertiary/aromatic N) is 1. The van der Waals surface area contributed by atoms with E-state index in [4.69, 9.17) is 9.47 Å². The molecule has 0 aromatic rings. The van der Waals surface area contributed by atoms with Crippen LogP contribution >= 0.6 is 0 Å². The van der Waals surface area contributed by atoms with E-state index in [1.54, 1.807) is 7.05 Å². The van der Waals surface area contributed by atoms with E-state index in [9.17, 15) is 4.79 Å². The molecule has 0 unspecified atom stereocenters. The van der Waals surface area contributed by atoms with Gasteiger partial charge in [0.1, 0.15) is 0 Å². The third kappa shape index (κ3) is 7.97. The number of carbonyl (C=O) groups excluding carboxylic acids is 1. The Bertz CT molecular complexity index is 393. The fourth-order valence-electron chi connectivity index (χ4n) is 2.62. The lowest BCUT2D eigenvalue weighted by molar-refractivity contribution is -0.122. The summed E-state index contributed by atoms with van der Waals surface area (Å²) in [7, 11) is 1.75. The van der Waals surface area contributed by atoms with Gasteiger partial charge in [-0.2, -0.15) is 0 Å². The number of ether oxygens (including phenoxy) is 2. The number of hydrogen-bond acceptors (Lipinski definition) is 4. The molecule has 1 aliphatic heterocycles. The average molecular weight is 340 g/mol. The topological polar surface area (TPSA) is 84.0 Å². The molecule has 2 fully saturated rings. The van der Waals surface area contributed by atoms with Gasteiger partial charge in [0.25, 0.3) is 0 Å². The van der Waals surface area contributed by atoms with E-state index >= 15 is 0 Å². The van der Waals surface area contributed by atoms with Crippen molar-refractivity contribution in [2.75, 3.05) is 53.1 Å². The highest BCUT2D eigenvalue weighted by Crippen LogP contribution is 2.28. The molecular weight excluding hydrogens is 308 g/mol. The number of nitrogens with one attached hydrogen (secondary N) is 3. The molecule has 138 valence electrons. The van der Waals surface area contributed by atoms with Crippen LogP contribution in [0.25, 0.3) is 0 Å². The SMILES string of the molecule is CN=C(NCCCOCC1CCOCC1)NCCNC(=O)C1CC1. The summed E-state index contributed by atoms with van der Waals surface area (Å²) in [4.78, 5) is 15.7. The molecule has 0 aromatic heterocycles. The molecule has 1 saturated carbocycles. The van der Waals surface area contributed by atoms with E-state index in [0.29, 0.717) is 19.0 Å². The molecular formula is C17H32N4O3. The fourth-order valence-corrected chi connectivity index (χ4v) is 2.62. The van der Waals surface area contributed by atoms with Gasteiger partial charge in [0.2, 0.25) is 5.91 Å². The Kier molecular flexibility index (Phi) is 8.91. The Hall–Kier alpha value is -1.34. The summed E-state index contributed by atoms with van der Waals surface area (Å²) < 4.78 is 11.1. The van der Waals surface area contributed by atoms with Gasteiger partial charge in [0, 0.05) is 59.0 Å². The minimum absolute atomic E-state index is 0.182. The van der Waals surface area contributed by atoms with Gasteiger partial charge in [0.15, 0.2) is 5.96 Å². The molecule has 2 aliphatic rings. The van der Waals surface area contributed by atoms with E-state index in [0.717, 1.165) is 71.0 Å². The number of aliphatic imine (C=N–C) groups is 1. The molecule has 0 bridgehead atoms. The van der Waals surface area contributed by atoms with Gasteiger partial charge in [-0.1, -0.05) is 0 Å². The molecule has 1 saturated heterocycles. The largest absolute Gasteiger partial charge is 0.381 e. The Balaban J connectivity index is 1.40. The summed E-state index contributed by atoms with van der Waals surface area (Å²) in [6, 6.07) is 0. The van der Waals surface area contributed by atoms with Crippen molar-refractivity contribution in [2.45, 2.75) is 32.1 Å². The maximum atomic E-state index is 11.5. The van der Waals surface area contributed by atoms with E-state index in [1.807, 2.05) is 0 Å². The molecule has 7 heteroatoms. The van der Waals surface area contributed by atoms with Crippen molar-refractivity contribution in [3.8, 4) is 0 Å². The maximum absolute atomic E-state index is 11.5. The summed E-state index contributed by atoms with van der Waals surface area (Å²) in [6.07, 6.45) is 5.26. The van der Waals surface area contributed by atoms with Crippen LogP contribution in [0, 0.1) is 11.8 Å². The molecule has 24 heavy (non-hydrogen) atoms. The van der Waals surface area contributed by atoms with Crippen LogP contribution in [0.5, 0.6) is 0 Å². The highest BCUT2D eigenvalue weighted by Gasteiger charge is 2.28. The van der Waals surface area contributed by atoms with Gasteiger partial charge in [-0.15, -0.1) is 0 Å². The minimum Gasteiger partial charge on any atom is -0.381 e. The van der Waals surface area contributed by atoms with Crippen LogP contribution in [0.3, 0.4) is 0 Å². The van der Waals surface area contributed by atoms with Crippen molar-refractivity contribution in [2.24, 2.45) is 16.8 Å². The van der Waals surface area contributed by atoms with Gasteiger partial charge >= 0.3 is 0 Å². The quantitative estimate of drug-likeness (QED) is 0.307. The highest BCUT2D eigenvalue weighted by atomic mass is 16.5. The fraction of sp³-hybridized carbons (Fsp3) is 0.882.